The van der Waals surface area contributed by atoms with Crippen molar-refractivity contribution in [2.75, 3.05) is 18.0 Å². The Balaban J connectivity index is 1.67. The van der Waals surface area contributed by atoms with Crippen LogP contribution in [0.4, 0.5) is 5.82 Å². The maximum Gasteiger partial charge on any atom is 0.213 e. The molecule has 2 heterocycles. The number of nitrogens with one attached hydrogen (secondary N) is 1. The van der Waals surface area contributed by atoms with Gasteiger partial charge in [-0.3, -0.25) is 0 Å². The number of aromatic nitrogens is 4. The molecule has 3 aromatic rings. The van der Waals surface area contributed by atoms with Gasteiger partial charge in [-0.2, -0.15) is 0 Å². The van der Waals surface area contributed by atoms with Crippen molar-refractivity contribution in [3.63, 3.8) is 0 Å². The number of nitrogens with zero attached hydrogens (tertiary/aromatic N) is 4. The number of benzene rings is 1. The summed E-state index contributed by atoms with van der Waals surface area (Å²) in [6.45, 7) is 6.69. The van der Waals surface area contributed by atoms with Crippen molar-refractivity contribution in [3.05, 3.63) is 35.2 Å². The Morgan fingerprint density at radius 2 is 1.97 bits per heavy atom. The summed E-state index contributed by atoms with van der Waals surface area (Å²) in [7, 11) is -3.42. The lowest BCUT2D eigenvalue weighted by atomic mass is 10.1. The average Bonchev–Trinajstić information content (AvgIpc) is 3.30. The summed E-state index contributed by atoms with van der Waals surface area (Å²) in [6, 6.07) is 4.49. The van der Waals surface area contributed by atoms with Gasteiger partial charge in [-0.15, -0.1) is 0 Å². The summed E-state index contributed by atoms with van der Waals surface area (Å²) in [5.41, 5.74) is 11.1. The molecular weight excluding hydrogens is 432 g/mol. The summed E-state index contributed by atoms with van der Waals surface area (Å²) in [5.74, 6) is 0.466. The van der Waals surface area contributed by atoms with Gasteiger partial charge in [-0.05, 0) is 54.9 Å². The summed E-state index contributed by atoms with van der Waals surface area (Å²) in [6.07, 6.45) is 4.80. The first-order valence-electron chi connectivity index (χ1n) is 10.5. The number of sulfonamides is 1. The minimum absolute atomic E-state index is 0.0637. The van der Waals surface area contributed by atoms with E-state index in [4.69, 9.17) is 5.73 Å². The van der Waals surface area contributed by atoms with Crippen molar-refractivity contribution >= 4 is 38.8 Å². The van der Waals surface area contributed by atoms with Crippen LogP contribution in [0.1, 0.15) is 37.0 Å². The van der Waals surface area contributed by atoms with E-state index in [0.717, 1.165) is 17.7 Å². The third-order valence-electron chi connectivity index (χ3n) is 5.41. The first-order valence-corrected chi connectivity index (χ1v) is 12.9. The minimum Gasteiger partial charge on any atom is -0.382 e. The molecule has 1 aliphatic rings. The van der Waals surface area contributed by atoms with Gasteiger partial charge in [0.1, 0.15) is 6.33 Å². The molecule has 0 unspecified atom stereocenters. The highest BCUT2D eigenvalue weighted by atomic mass is 32.2. The number of anilines is 1. The zero-order chi connectivity index (χ0) is 22.2. The number of aryl methyl sites for hydroxylation is 4. The smallest absolute Gasteiger partial charge is 0.213 e. The normalized spacial score (nSPS) is 13.9. The molecule has 0 radical (unpaired) electrons. The molecule has 0 saturated heterocycles. The van der Waals surface area contributed by atoms with Crippen molar-refractivity contribution in [2.24, 2.45) is 5.92 Å². The van der Waals surface area contributed by atoms with Crippen molar-refractivity contribution in [1.29, 1.82) is 0 Å². The Labute approximate surface area is 187 Å². The summed E-state index contributed by atoms with van der Waals surface area (Å²) in [5, 5.41) is 0.669. The molecule has 0 bridgehead atoms. The van der Waals surface area contributed by atoms with Crippen LogP contribution in [0, 0.1) is 12.8 Å². The first kappa shape index (κ1) is 22.0. The van der Waals surface area contributed by atoms with Crippen LogP contribution < -0.4 is 10.5 Å². The number of fused-ring (bicyclic) bond motifs is 2. The Bertz CT molecular complexity index is 1220. The molecule has 8 nitrogen and oxygen atoms in total. The molecule has 1 aliphatic carbocycles. The molecular formula is C21H28N6O2S2. The lowest BCUT2D eigenvalue weighted by Gasteiger charge is -2.12. The molecule has 4 rings (SSSR count). The van der Waals surface area contributed by atoms with Gasteiger partial charge in [0, 0.05) is 18.0 Å². The van der Waals surface area contributed by atoms with E-state index in [1.807, 2.05) is 18.4 Å². The predicted molar refractivity (Wildman–Crippen MR) is 124 cm³/mol. The molecule has 0 saturated carbocycles. The summed E-state index contributed by atoms with van der Waals surface area (Å²) >= 11 is 1.52. The highest BCUT2D eigenvalue weighted by Gasteiger charge is 2.20. The Morgan fingerprint density at radius 3 is 2.71 bits per heavy atom. The topological polar surface area (TPSA) is 116 Å². The number of nitrogen functional groups attached to an aromatic ring is 1. The van der Waals surface area contributed by atoms with Crippen molar-refractivity contribution in [2.45, 2.75) is 56.6 Å². The van der Waals surface area contributed by atoms with E-state index in [1.54, 1.807) is 0 Å². The zero-order valence-corrected chi connectivity index (χ0v) is 19.7. The lowest BCUT2D eigenvalue weighted by molar-refractivity contribution is 0.553. The molecule has 0 atom stereocenters. The van der Waals surface area contributed by atoms with Crippen LogP contribution in [-0.2, 0) is 29.4 Å². The maximum atomic E-state index is 12.5. The minimum atomic E-state index is -3.42. The standard InChI is InChI=1S/C21H28N6O2S2/c1-13(2)11-25-31(28,29)8-7-27-20-18(19(22)23-12-24-20)26-21(27)30-17-10-16-6-4-5-15(16)9-14(17)3/h9-10,12-13,25H,4-8,11H2,1-3H3,(H2,22,23,24). The van der Waals surface area contributed by atoms with E-state index in [9.17, 15) is 8.42 Å². The predicted octanol–water partition coefficient (Wildman–Crippen LogP) is 2.93. The van der Waals surface area contributed by atoms with Gasteiger partial charge in [0.05, 0.1) is 5.75 Å². The molecule has 3 N–H and O–H groups in total. The fourth-order valence-electron chi connectivity index (χ4n) is 3.72. The van der Waals surface area contributed by atoms with Crippen LogP contribution in [0.2, 0.25) is 0 Å². The molecule has 0 spiro atoms. The molecule has 31 heavy (non-hydrogen) atoms. The third kappa shape index (κ3) is 4.86. The number of hydrogen-bond acceptors (Lipinski definition) is 7. The number of nitrogens with two attached hydrogens (primary N) is 1. The van der Waals surface area contributed by atoms with Gasteiger partial charge in [-0.1, -0.05) is 31.7 Å². The van der Waals surface area contributed by atoms with E-state index in [1.165, 1.54) is 41.2 Å². The molecule has 0 aliphatic heterocycles. The molecule has 10 heteroatoms. The van der Waals surface area contributed by atoms with Crippen molar-refractivity contribution in [1.82, 2.24) is 24.2 Å². The van der Waals surface area contributed by atoms with E-state index < -0.39 is 10.0 Å². The van der Waals surface area contributed by atoms with Crippen LogP contribution in [0.15, 0.2) is 28.5 Å². The van der Waals surface area contributed by atoms with E-state index >= 15 is 0 Å². The van der Waals surface area contributed by atoms with Gasteiger partial charge in [0.15, 0.2) is 22.1 Å². The highest BCUT2D eigenvalue weighted by molar-refractivity contribution is 7.99. The second-order valence-electron chi connectivity index (χ2n) is 8.38. The molecule has 1 aromatic carbocycles. The second kappa shape index (κ2) is 8.76. The second-order valence-corrected chi connectivity index (χ2v) is 11.3. The summed E-state index contributed by atoms with van der Waals surface area (Å²) < 4.78 is 29.4. The van der Waals surface area contributed by atoms with Gasteiger partial charge < -0.3 is 10.3 Å². The highest BCUT2D eigenvalue weighted by Crippen LogP contribution is 2.36. The maximum absolute atomic E-state index is 12.5. The lowest BCUT2D eigenvalue weighted by Crippen LogP contribution is -2.31. The molecule has 2 aromatic heterocycles. The van der Waals surface area contributed by atoms with Gasteiger partial charge in [0.2, 0.25) is 10.0 Å². The fraction of sp³-hybridized carbons (Fsp3) is 0.476. The van der Waals surface area contributed by atoms with Gasteiger partial charge in [0.25, 0.3) is 0 Å². The number of imidazole rings is 1. The first-order chi connectivity index (χ1) is 14.7. The van der Waals surface area contributed by atoms with Crippen LogP contribution in [0.25, 0.3) is 11.2 Å². The van der Waals surface area contributed by atoms with Crippen LogP contribution in [-0.4, -0.2) is 40.2 Å². The quantitative estimate of drug-likeness (QED) is 0.531. The summed E-state index contributed by atoms with van der Waals surface area (Å²) in [4.78, 5) is 14.2. The number of rotatable bonds is 8. The monoisotopic (exact) mass is 460 g/mol. The van der Waals surface area contributed by atoms with Gasteiger partial charge >= 0.3 is 0 Å². The van der Waals surface area contributed by atoms with Crippen LogP contribution >= 0.6 is 11.8 Å². The van der Waals surface area contributed by atoms with E-state index in [-0.39, 0.29) is 24.0 Å². The molecule has 166 valence electrons. The molecule has 0 amide bonds. The third-order valence-corrected chi connectivity index (χ3v) is 7.89. The van der Waals surface area contributed by atoms with Crippen molar-refractivity contribution in [3.8, 4) is 0 Å². The Hall–Kier alpha value is -2.17. The van der Waals surface area contributed by atoms with E-state index in [2.05, 4.69) is 38.7 Å². The fourth-order valence-corrected chi connectivity index (χ4v) is 5.92. The van der Waals surface area contributed by atoms with Gasteiger partial charge in [-0.25, -0.2) is 28.1 Å². The van der Waals surface area contributed by atoms with E-state index in [0.29, 0.717) is 22.9 Å². The SMILES string of the molecule is Cc1cc2c(cc1Sc1nc3c(N)ncnc3n1CCS(=O)(=O)NCC(C)C)CCC2. The Kier molecular flexibility index (Phi) is 6.23. The Morgan fingerprint density at radius 1 is 1.23 bits per heavy atom. The van der Waals surface area contributed by atoms with Crippen LogP contribution in [0.3, 0.4) is 0 Å². The number of hydrogen-bond donors (Lipinski definition) is 2. The largest absolute Gasteiger partial charge is 0.382 e. The van der Waals surface area contributed by atoms with Crippen molar-refractivity contribution < 1.29 is 8.42 Å². The molecule has 0 fully saturated rings. The van der Waals surface area contributed by atoms with Crippen LogP contribution in [0.5, 0.6) is 0 Å². The average molecular weight is 461 g/mol. The zero-order valence-electron chi connectivity index (χ0n) is 18.1.